The zero-order valence-electron chi connectivity index (χ0n) is 17.0. The fourth-order valence-corrected chi connectivity index (χ4v) is 4.17. The zero-order valence-corrected chi connectivity index (χ0v) is 19.4. The molecule has 0 spiro atoms. The number of hydrogen-bond acceptors (Lipinski definition) is 6. The lowest BCUT2D eigenvalue weighted by Gasteiger charge is -2.13. The third kappa shape index (κ3) is 5.87. The predicted molar refractivity (Wildman–Crippen MR) is 121 cm³/mol. The fraction of sp³-hybridized carbons (Fsp3) is 0.273. The van der Waals surface area contributed by atoms with Gasteiger partial charge in [-0.2, -0.15) is 0 Å². The normalized spacial score (nSPS) is 15.1. The van der Waals surface area contributed by atoms with E-state index in [1.54, 1.807) is 37.5 Å². The van der Waals surface area contributed by atoms with E-state index in [4.69, 9.17) is 14.2 Å². The fourth-order valence-electron chi connectivity index (χ4n) is 2.88. The third-order valence-electron chi connectivity index (χ3n) is 4.48. The van der Waals surface area contributed by atoms with E-state index >= 15 is 0 Å². The molecule has 1 aliphatic rings. The number of halogens is 2. The second-order valence-corrected chi connectivity index (χ2v) is 8.47. The van der Waals surface area contributed by atoms with Crippen LogP contribution in [0.25, 0.3) is 6.08 Å². The summed E-state index contributed by atoms with van der Waals surface area (Å²) in [5.74, 6) is 0.324. The van der Waals surface area contributed by atoms with Gasteiger partial charge in [0.2, 0.25) is 0 Å². The van der Waals surface area contributed by atoms with Crippen LogP contribution < -0.4 is 9.47 Å². The largest absolute Gasteiger partial charge is 0.493 e. The molecule has 3 rings (SSSR count). The van der Waals surface area contributed by atoms with E-state index in [2.05, 4.69) is 15.9 Å². The standard InChI is InChI=1S/C22H21BrFNO5S/c1-28-9-3-8-25-21(26)20(31-22(25)27)11-15-10-18(29-2)19(12-17(15)23)30-13-14-4-6-16(24)7-5-14/h4-7,10-12H,3,8-9,13H2,1-2H3/b20-11+. The van der Waals surface area contributed by atoms with Gasteiger partial charge in [-0.15, -0.1) is 0 Å². The predicted octanol–water partition coefficient (Wildman–Crippen LogP) is 5.25. The number of hydrogen-bond donors (Lipinski definition) is 0. The molecule has 0 saturated carbocycles. The Kier molecular flexibility index (Phi) is 8.11. The number of ether oxygens (including phenoxy) is 3. The maximum atomic E-state index is 13.1. The summed E-state index contributed by atoms with van der Waals surface area (Å²) in [5.41, 5.74) is 1.49. The van der Waals surface area contributed by atoms with Crippen molar-refractivity contribution >= 4 is 44.9 Å². The van der Waals surface area contributed by atoms with Crippen molar-refractivity contribution < 1.29 is 28.2 Å². The summed E-state index contributed by atoms with van der Waals surface area (Å²) in [5, 5.41) is -0.297. The van der Waals surface area contributed by atoms with E-state index in [-0.39, 0.29) is 23.6 Å². The molecule has 1 fully saturated rings. The Hall–Kier alpha value is -2.36. The van der Waals surface area contributed by atoms with Gasteiger partial charge in [-0.05, 0) is 59.7 Å². The Bertz CT molecular complexity index is 996. The van der Waals surface area contributed by atoms with Gasteiger partial charge in [0.25, 0.3) is 11.1 Å². The zero-order chi connectivity index (χ0) is 22.4. The van der Waals surface area contributed by atoms with Crippen LogP contribution in [0.2, 0.25) is 0 Å². The van der Waals surface area contributed by atoms with Gasteiger partial charge < -0.3 is 14.2 Å². The van der Waals surface area contributed by atoms with Crippen LogP contribution in [0.4, 0.5) is 9.18 Å². The lowest BCUT2D eigenvalue weighted by atomic mass is 10.1. The van der Waals surface area contributed by atoms with Crippen molar-refractivity contribution in [2.75, 3.05) is 27.4 Å². The molecule has 0 radical (unpaired) electrons. The molecule has 0 aromatic heterocycles. The highest BCUT2D eigenvalue weighted by atomic mass is 79.9. The molecule has 2 aromatic carbocycles. The smallest absolute Gasteiger partial charge is 0.293 e. The third-order valence-corrected chi connectivity index (χ3v) is 6.08. The van der Waals surface area contributed by atoms with Gasteiger partial charge in [-0.1, -0.05) is 28.1 Å². The Morgan fingerprint density at radius 2 is 1.87 bits per heavy atom. The number of carbonyl (C=O) groups excluding carboxylic acids is 2. The molecule has 0 unspecified atom stereocenters. The van der Waals surface area contributed by atoms with E-state index < -0.39 is 0 Å². The molecule has 0 bridgehead atoms. The number of rotatable bonds is 9. The molecule has 2 aromatic rings. The van der Waals surface area contributed by atoms with Crippen LogP contribution in [0.3, 0.4) is 0 Å². The van der Waals surface area contributed by atoms with Gasteiger partial charge in [-0.25, -0.2) is 4.39 Å². The van der Waals surface area contributed by atoms with E-state index in [9.17, 15) is 14.0 Å². The summed E-state index contributed by atoms with van der Waals surface area (Å²) in [7, 11) is 3.09. The van der Waals surface area contributed by atoms with Gasteiger partial charge in [0.05, 0.1) is 12.0 Å². The average Bonchev–Trinajstić information content (AvgIpc) is 3.02. The van der Waals surface area contributed by atoms with Crippen LogP contribution in [-0.4, -0.2) is 43.4 Å². The number of imide groups is 1. The Morgan fingerprint density at radius 3 is 2.55 bits per heavy atom. The molecule has 2 amide bonds. The lowest BCUT2D eigenvalue weighted by Crippen LogP contribution is -2.29. The summed E-state index contributed by atoms with van der Waals surface area (Å²) in [6, 6.07) is 9.50. The summed E-state index contributed by atoms with van der Waals surface area (Å²) < 4.78 is 30.0. The Labute approximate surface area is 192 Å². The van der Waals surface area contributed by atoms with Crippen molar-refractivity contribution in [2.24, 2.45) is 0 Å². The molecule has 6 nitrogen and oxygen atoms in total. The van der Waals surface area contributed by atoms with Crippen LogP contribution in [-0.2, 0) is 16.1 Å². The molecule has 31 heavy (non-hydrogen) atoms. The minimum atomic E-state index is -0.325. The first-order valence-electron chi connectivity index (χ1n) is 9.42. The van der Waals surface area contributed by atoms with Gasteiger partial charge in [-0.3, -0.25) is 14.5 Å². The van der Waals surface area contributed by atoms with Crippen molar-refractivity contribution in [3.8, 4) is 11.5 Å². The monoisotopic (exact) mass is 509 g/mol. The molecule has 0 atom stereocenters. The second-order valence-electron chi connectivity index (χ2n) is 6.62. The van der Waals surface area contributed by atoms with Crippen molar-refractivity contribution in [3.63, 3.8) is 0 Å². The summed E-state index contributed by atoms with van der Waals surface area (Å²) in [6.45, 7) is 1.03. The average molecular weight is 510 g/mol. The highest BCUT2D eigenvalue weighted by Crippen LogP contribution is 2.38. The summed E-state index contributed by atoms with van der Waals surface area (Å²) in [6.07, 6.45) is 2.23. The van der Waals surface area contributed by atoms with Crippen LogP contribution in [0.5, 0.6) is 11.5 Å². The van der Waals surface area contributed by atoms with E-state index in [1.807, 2.05) is 0 Å². The molecular weight excluding hydrogens is 489 g/mol. The highest BCUT2D eigenvalue weighted by Gasteiger charge is 2.34. The first-order valence-corrected chi connectivity index (χ1v) is 11.0. The van der Waals surface area contributed by atoms with Crippen molar-refractivity contribution in [1.82, 2.24) is 4.90 Å². The minimum Gasteiger partial charge on any atom is -0.493 e. The number of nitrogens with zero attached hydrogens (tertiary/aromatic N) is 1. The molecule has 1 saturated heterocycles. The molecule has 164 valence electrons. The molecule has 1 heterocycles. The van der Waals surface area contributed by atoms with Crippen LogP contribution in [0.15, 0.2) is 45.8 Å². The second kappa shape index (κ2) is 10.8. The van der Waals surface area contributed by atoms with Crippen molar-refractivity contribution in [1.29, 1.82) is 0 Å². The van der Waals surface area contributed by atoms with Gasteiger partial charge >= 0.3 is 0 Å². The summed E-state index contributed by atoms with van der Waals surface area (Å²) >= 11 is 4.39. The maximum Gasteiger partial charge on any atom is 0.293 e. The van der Waals surface area contributed by atoms with Gasteiger partial charge in [0, 0.05) is 24.7 Å². The number of thioether (sulfide) groups is 1. The topological polar surface area (TPSA) is 65.1 Å². The van der Waals surface area contributed by atoms with E-state index in [0.717, 1.165) is 17.3 Å². The minimum absolute atomic E-state index is 0.239. The number of carbonyl (C=O) groups is 2. The molecule has 0 aliphatic carbocycles. The van der Waals surface area contributed by atoms with Crippen molar-refractivity contribution in [2.45, 2.75) is 13.0 Å². The number of methoxy groups -OCH3 is 2. The number of amides is 2. The quantitative estimate of drug-likeness (QED) is 0.339. The maximum absolute atomic E-state index is 13.1. The van der Waals surface area contributed by atoms with Crippen LogP contribution in [0.1, 0.15) is 17.5 Å². The lowest BCUT2D eigenvalue weighted by molar-refractivity contribution is -0.122. The molecule has 0 N–H and O–H groups in total. The van der Waals surface area contributed by atoms with E-state index in [0.29, 0.717) is 46.0 Å². The van der Waals surface area contributed by atoms with Crippen LogP contribution in [0, 0.1) is 5.82 Å². The highest BCUT2D eigenvalue weighted by molar-refractivity contribution is 9.10. The van der Waals surface area contributed by atoms with Crippen LogP contribution >= 0.6 is 27.7 Å². The molecule has 1 aliphatic heterocycles. The summed E-state index contributed by atoms with van der Waals surface area (Å²) in [4.78, 5) is 26.4. The molecule has 9 heteroatoms. The Balaban J connectivity index is 1.77. The van der Waals surface area contributed by atoms with E-state index in [1.165, 1.54) is 24.1 Å². The number of benzene rings is 2. The molecular formula is C22H21BrFNO5S. The van der Waals surface area contributed by atoms with Gasteiger partial charge in [0.15, 0.2) is 11.5 Å². The Morgan fingerprint density at radius 1 is 1.13 bits per heavy atom. The first kappa shape index (κ1) is 23.3. The SMILES string of the molecule is COCCCN1C(=O)S/C(=C/c2cc(OC)c(OCc3ccc(F)cc3)cc2Br)C1=O. The first-order chi connectivity index (χ1) is 14.9. The van der Waals surface area contributed by atoms with Crippen molar-refractivity contribution in [3.05, 3.63) is 62.7 Å². The van der Waals surface area contributed by atoms with Gasteiger partial charge in [0.1, 0.15) is 12.4 Å².